The van der Waals surface area contributed by atoms with Gasteiger partial charge in [0.25, 0.3) is 0 Å². The van der Waals surface area contributed by atoms with E-state index < -0.39 is 0 Å². The maximum atomic E-state index is 12.3. The fraction of sp³-hybridized carbons (Fsp3) is 0.350. The Balaban J connectivity index is 1.54. The molecule has 1 saturated heterocycles. The van der Waals surface area contributed by atoms with E-state index in [1.165, 1.54) is 16.7 Å². The number of thiophene rings is 1. The van der Waals surface area contributed by atoms with Crippen molar-refractivity contribution < 1.29 is 4.79 Å². The molecule has 4 rings (SSSR count). The van der Waals surface area contributed by atoms with Crippen molar-refractivity contribution >= 4 is 39.2 Å². The van der Waals surface area contributed by atoms with Gasteiger partial charge in [0.1, 0.15) is 16.2 Å². The van der Waals surface area contributed by atoms with Crippen LogP contribution < -0.4 is 0 Å². The van der Waals surface area contributed by atoms with Gasteiger partial charge in [-0.3, -0.25) is 4.79 Å². The van der Waals surface area contributed by atoms with Gasteiger partial charge in [-0.25, -0.2) is 9.97 Å². The lowest BCUT2D eigenvalue weighted by atomic mass is 10.1. The zero-order chi connectivity index (χ0) is 17.9. The minimum absolute atomic E-state index is 0.268. The van der Waals surface area contributed by atoms with E-state index in [1.807, 2.05) is 4.90 Å². The van der Waals surface area contributed by atoms with Crippen LogP contribution in [0.25, 0.3) is 21.3 Å². The van der Waals surface area contributed by atoms with Gasteiger partial charge in [-0.1, -0.05) is 29.8 Å². The first-order valence-electron chi connectivity index (χ1n) is 8.92. The van der Waals surface area contributed by atoms with E-state index in [-0.39, 0.29) is 5.91 Å². The standard InChI is InChI=1S/C20H21N3OS2/c1-14-4-6-15(7-5-14)16-12-26-20-18(16)19(21-13-22-20)25-11-8-17(24)23-9-2-3-10-23/h4-7,12-13H,2-3,8-11H2,1H3. The van der Waals surface area contributed by atoms with Crippen LogP contribution in [0.15, 0.2) is 41.0 Å². The predicted octanol–water partition coefficient (Wildman–Crippen LogP) is 4.77. The van der Waals surface area contributed by atoms with Crippen LogP contribution in [-0.4, -0.2) is 39.6 Å². The summed E-state index contributed by atoms with van der Waals surface area (Å²) < 4.78 is 0. The number of hydrogen-bond acceptors (Lipinski definition) is 5. The van der Waals surface area contributed by atoms with Crippen LogP contribution in [0, 0.1) is 6.92 Å². The highest BCUT2D eigenvalue weighted by molar-refractivity contribution is 7.99. The van der Waals surface area contributed by atoms with Gasteiger partial charge in [0.15, 0.2) is 0 Å². The second-order valence-electron chi connectivity index (χ2n) is 6.56. The molecule has 2 aromatic heterocycles. The van der Waals surface area contributed by atoms with Gasteiger partial charge in [0.2, 0.25) is 5.91 Å². The Morgan fingerprint density at radius 3 is 2.73 bits per heavy atom. The van der Waals surface area contributed by atoms with Crippen LogP contribution in [0.3, 0.4) is 0 Å². The number of aromatic nitrogens is 2. The summed E-state index contributed by atoms with van der Waals surface area (Å²) in [6.45, 7) is 3.93. The van der Waals surface area contributed by atoms with E-state index in [1.54, 1.807) is 29.4 Å². The summed E-state index contributed by atoms with van der Waals surface area (Å²) in [5.74, 6) is 1.02. The van der Waals surface area contributed by atoms with Crippen molar-refractivity contribution in [3.63, 3.8) is 0 Å². The van der Waals surface area contributed by atoms with E-state index in [9.17, 15) is 4.79 Å². The average Bonchev–Trinajstić information content (AvgIpc) is 3.33. The Hall–Kier alpha value is -1.92. The number of hydrogen-bond donors (Lipinski definition) is 0. The number of amides is 1. The van der Waals surface area contributed by atoms with E-state index in [4.69, 9.17) is 0 Å². The lowest BCUT2D eigenvalue weighted by Gasteiger charge is -2.14. The molecule has 0 unspecified atom stereocenters. The Bertz CT molecular complexity index is 914. The molecule has 0 saturated carbocycles. The minimum Gasteiger partial charge on any atom is -0.343 e. The van der Waals surface area contributed by atoms with Crippen LogP contribution >= 0.6 is 23.1 Å². The topological polar surface area (TPSA) is 46.1 Å². The summed E-state index contributed by atoms with van der Waals surface area (Å²) in [4.78, 5) is 24.2. The molecule has 0 atom stereocenters. The third-order valence-electron chi connectivity index (χ3n) is 4.71. The predicted molar refractivity (Wildman–Crippen MR) is 109 cm³/mol. The number of fused-ring (bicyclic) bond motifs is 1. The Morgan fingerprint density at radius 2 is 1.96 bits per heavy atom. The molecule has 6 heteroatoms. The monoisotopic (exact) mass is 383 g/mol. The molecule has 1 aliphatic heterocycles. The first-order chi connectivity index (χ1) is 12.7. The van der Waals surface area contributed by atoms with E-state index >= 15 is 0 Å². The molecule has 3 aromatic rings. The molecule has 0 radical (unpaired) electrons. The van der Waals surface area contributed by atoms with Crippen molar-refractivity contribution in [2.24, 2.45) is 0 Å². The number of rotatable bonds is 5. The van der Waals surface area contributed by atoms with Crippen LogP contribution in [0.5, 0.6) is 0 Å². The third-order valence-corrected chi connectivity index (χ3v) is 6.59. The highest BCUT2D eigenvalue weighted by Crippen LogP contribution is 2.38. The third kappa shape index (κ3) is 3.62. The smallest absolute Gasteiger partial charge is 0.223 e. The summed E-state index contributed by atoms with van der Waals surface area (Å²) in [5, 5.41) is 4.24. The molecular formula is C20H21N3OS2. The van der Waals surface area contributed by atoms with Crippen molar-refractivity contribution in [2.45, 2.75) is 31.2 Å². The second kappa shape index (κ2) is 7.76. The first kappa shape index (κ1) is 17.5. The van der Waals surface area contributed by atoms with Crippen molar-refractivity contribution in [2.75, 3.05) is 18.8 Å². The fourth-order valence-corrected chi connectivity index (χ4v) is 5.19. The average molecular weight is 384 g/mol. The Kier molecular flexibility index (Phi) is 5.22. The van der Waals surface area contributed by atoms with Gasteiger partial charge in [0, 0.05) is 36.2 Å². The Labute approximate surface area is 161 Å². The summed E-state index contributed by atoms with van der Waals surface area (Å²) >= 11 is 3.31. The fourth-order valence-electron chi connectivity index (χ4n) is 3.26. The lowest BCUT2D eigenvalue weighted by Crippen LogP contribution is -2.27. The summed E-state index contributed by atoms with van der Waals surface area (Å²) in [6.07, 6.45) is 4.48. The number of nitrogens with zero attached hydrogens (tertiary/aromatic N) is 3. The molecule has 26 heavy (non-hydrogen) atoms. The molecule has 1 aliphatic rings. The minimum atomic E-state index is 0.268. The molecule has 1 aromatic carbocycles. The molecule has 0 N–H and O–H groups in total. The number of benzene rings is 1. The largest absolute Gasteiger partial charge is 0.343 e. The van der Waals surface area contributed by atoms with Gasteiger partial charge in [-0.2, -0.15) is 0 Å². The molecule has 134 valence electrons. The molecule has 0 bridgehead atoms. The van der Waals surface area contributed by atoms with Gasteiger partial charge in [-0.15, -0.1) is 23.1 Å². The van der Waals surface area contributed by atoms with Crippen molar-refractivity contribution in [1.82, 2.24) is 14.9 Å². The number of carbonyl (C=O) groups is 1. The van der Waals surface area contributed by atoms with Gasteiger partial charge >= 0.3 is 0 Å². The first-order valence-corrected chi connectivity index (χ1v) is 10.8. The van der Waals surface area contributed by atoms with E-state index in [2.05, 4.69) is 46.5 Å². The van der Waals surface area contributed by atoms with Crippen molar-refractivity contribution in [1.29, 1.82) is 0 Å². The molecule has 4 nitrogen and oxygen atoms in total. The molecule has 3 heterocycles. The van der Waals surface area contributed by atoms with Crippen molar-refractivity contribution in [3.05, 3.63) is 41.5 Å². The quantitative estimate of drug-likeness (QED) is 0.470. The molecule has 0 aliphatic carbocycles. The number of carbonyl (C=O) groups excluding carboxylic acids is 1. The van der Waals surface area contributed by atoms with Crippen LogP contribution in [0.1, 0.15) is 24.8 Å². The summed E-state index contributed by atoms with van der Waals surface area (Å²) in [7, 11) is 0. The number of thioether (sulfide) groups is 1. The molecule has 0 spiro atoms. The number of aryl methyl sites for hydroxylation is 1. The van der Waals surface area contributed by atoms with Crippen molar-refractivity contribution in [3.8, 4) is 11.1 Å². The van der Waals surface area contributed by atoms with Gasteiger partial charge < -0.3 is 4.90 Å². The van der Waals surface area contributed by atoms with Crippen LogP contribution in [0.2, 0.25) is 0 Å². The van der Waals surface area contributed by atoms with Gasteiger partial charge in [0.05, 0.1) is 5.39 Å². The maximum absolute atomic E-state index is 12.3. The van der Waals surface area contributed by atoms with E-state index in [0.29, 0.717) is 6.42 Å². The SMILES string of the molecule is Cc1ccc(-c2csc3ncnc(SCCC(=O)N4CCCC4)c23)cc1. The summed E-state index contributed by atoms with van der Waals surface area (Å²) in [5.41, 5.74) is 3.62. The van der Waals surface area contributed by atoms with Gasteiger partial charge in [-0.05, 0) is 25.3 Å². The van der Waals surface area contributed by atoms with Crippen LogP contribution in [0.4, 0.5) is 0 Å². The molecule has 1 amide bonds. The normalized spacial score (nSPS) is 14.3. The molecule has 1 fully saturated rings. The lowest BCUT2D eigenvalue weighted by molar-refractivity contribution is -0.129. The zero-order valence-electron chi connectivity index (χ0n) is 14.8. The molecular weight excluding hydrogens is 362 g/mol. The second-order valence-corrected chi connectivity index (χ2v) is 8.50. The highest BCUT2D eigenvalue weighted by Gasteiger charge is 2.18. The Morgan fingerprint density at radius 1 is 1.19 bits per heavy atom. The number of likely N-dealkylation sites (tertiary alicyclic amines) is 1. The highest BCUT2D eigenvalue weighted by atomic mass is 32.2. The zero-order valence-corrected chi connectivity index (χ0v) is 16.4. The summed E-state index contributed by atoms with van der Waals surface area (Å²) in [6, 6.07) is 8.55. The maximum Gasteiger partial charge on any atom is 0.223 e. The van der Waals surface area contributed by atoms with E-state index in [0.717, 1.165) is 46.9 Å². The van der Waals surface area contributed by atoms with Crippen LogP contribution in [-0.2, 0) is 4.79 Å².